The van der Waals surface area contributed by atoms with Crippen molar-refractivity contribution in [2.45, 2.75) is 13.8 Å². The molecule has 0 radical (unpaired) electrons. The van der Waals surface area contributed by atoms with Gasteiger partial charge in [-0.2, -0.15) is 5.26 Å². The van der Waals surface area contributed by atoms with Crippen molar-refractivity contribution in [3.63, 3.8) is 0 Å². The first kappa shape index (κ1) is 17.4. The minimum absolute atomic E-state index is 0.179. The highest BCUT2D eigenvalue weighted by Crippen LogP contribution is 2.34. The van der Waals surface area contributed by atoms with Gasteiger partial charge in [-0.05, 0) is 44.2 Å². The molecule has 0 saturated carbocycles. The number of ether oxygens (including phenoxy) is 1. The molecule has 2 N–H and O–H groups in total. The van der Waals surface area contributed by atoms with Crippen molar-refractivity contribution in [1.82, 2.24) is 9.97 Å². The van der Waals surface area contributed by atoms with Gasteiger partial charge in [0.2, 0.25) is 0 Å². The molecule has 8 heteroatoms. The number of carbonyl (C=O) groups excluding carboxylic acids is 1. The minimum atomic E-state index is -0.644. The number of pyridine rings is 1. The summed E-state index contributed by atoms with van der Waals surface area (Å²) in [5.74, 6) is 0.179. The van der Waals surface area contributed by atoms with Crippen LogP contribution in [-0.4, -0.2) is 16.1 Å². The van der Waals surface area contributed by atoms with Crippen LogP contribution in [0.15, 0.2) is 42.6 Å². The molecule has 0 unspecified atom stereocenters. The summed E-state index contributed by atoms with van der Waals surface area (Å²) in [5.41, 5.74) is 2.62. The molecule has 0 saturated heterocycles. The maximum Gasteiger partial charge on any atom is 0.418 e. The highest BCUT2D eigenvalue weighted by atomic mass is 32.1. The summed E-state index contributed by atoms with van der Waals surface area (Å²) >= 11 is 1.35. The number of anilines is 3. The highest BCUT2D eigenvalue weighted by Gasteiger charge is 2.15. The number of nitrogens with zero attached hydrogens (tertiary/aromatic N) is 3. The zero-order valence-electron chi connectivity index (χ0n) is 14.1. The molecule has 130 valence electrons. The zero-order valence-corrected chi connectivity index (χ0v) is 14.9. The number of benzene rings is 1. The molecule has 0 atom stereocenters. The first-order chi connectivity index (χ1) is 12.5. The van der Waals surface area contributed by atoms with E-state index in [0.717, 1.165) is 10.7 Å². The Balaban J connectivity index is 1.74. The van der Waals surface area contributed by atoms with Gasteiger partial charge in [-0.15, -0.1) is 0 Å². The molecule has 0 bridgehead atoms. The maximum absolute atomic E-state index is 12.1. The predicted molar refractivity (Wildman–Crippen MR) is 99.9 cm³/mol. The Labute approximate surface area is 154 Å². The third-order valence-electron chi connectivity index (χ3n) is 3.28. The second-order valence-electron chi connectivity index (χ2n) is 5.39. The van der Waals surface area contributed by atoms with Gasteiger partial charge in [0, 0.05) is 23.3 Å². The van der Waals surface area contributed by atoms with Crippen LogP contribution in [0.2, 0.25) is 0 Å². The fraction of sp³-hybridized carbons (Fsp3) is 0.111. The van der Waals surface area contributed by atoms with E-state index in [9.17, 15) is 4.79 Å². The largest absolute Gasteiger partial charge is 0.418 e. The van der Waals surface area contributed by atoms with Gasteiger partial charge >= 0.3 is 6.09 Å². The van der Waals surface area contributed by atoms with E-state index in [1.807, 2.05) is 19.9 Å². The molecule has 2 heterocycles. The Morgan fingerprint density at radius 3 is 2.85 bits per heavy atom. The van der Waals surface area contributed by atoms with Crippen LogP contribution in [0, 0.1) is 25.2 Å². The summed E-state index contributed by atoms with van der Waals surface area (Å²) in [6.45, 7) is 3.65. The molecule has 0 aliphatic heterocycles. The zero-order chi connectivity index (χ0) is 18.5. The van der Waals surface area contributed by atoms with Crippen molar-refractivity contribution in [1.29, 1.82) is 5.26 Å². The fourth-order valence-electron chi connectivity index (χ4n) is 2.21. The molecule has 3 aromatic rings. The number of hydrogen-bond acceptors (Lipinski definition) is 7. The molecule has 2 aromatic heterocycles. The van der Waals surface area contributed by atoms with Crippen LogP contribution >= 0.6 is 11.3 Å². The SMILES string of the molecule is Cc1cc(NC(=O)Oc2nc(C)sc2Nc2cccc(C#N)c2)ccn1. The average molecular weight is 365 g/mol. The van der Waals surface area contributed by atoms with Gasteiger partial charge in [-0.25, -0.2) is 9.78 Å². The number of nitriles is 1. The van der Waals surface area contributed by atoms with Crippen molar-refractivity contribution in [3.05, 3.63) is 58.9 Å². The summed E-state index contributed by atoms with van der Waals surface area (Å²) in [6, 6.07) is 12.5. The second kappa shape index (κ2) is 7.63. The molecular formula is C18H15N5O2S. The van der Waals surface area contributed by atoms with Crippen molar-refractivity contribution in [3.8, 4) is 11.9 Å². The monoisotopic (exact) mass is 365 g/mol. The Morgan fingerprint density at radius 1 is 1.23 bits per heavy atom. The van der Waals surface area contributed by atoms with Crippen molar-refractivity contribution >= 4 is 33.8 Å². The van der Waals surface area contributed by atoms with E-state index < -0.39 is 6.09 Å². The van der Waals surface area contributed by atoms with E-state index in [1.54, 1.807) is 36.5 Å². The van der Waals surface area contributed by atoms with Crippen LogP contribution in [0.3, 0.4) is 0 Å². The first-order valence-electron chi connectivity index (χ1n) is 7.69. The van der Waals surface area contributed by atoms with Crippen LogP contribution in [0.4, 0.5) is 21.2 Å². The van der Waals surface area contributed by atoms with Gasteiger partial charge in [-0.3, -0.25) is 10.3 Å². The normalized spacial score (nSPS) is 10.0. The predicted octanol–water partition coefficient (Wildman–Crippen LogP) is 4.38. The van der Waals surface area contributed by atoms with Crippen LogP contribution < -0.4 is 15.4 Å². The third-order valence-corrected chi connectivity index (χ3v) is 4.15. The molecule has 0 spiro atoms. The molecule has 0 aliphatic carbocycles. The Kier molecular flexibility index (Phi) is 5.10. The molecular weight excluding hydrogens is 350 g/mol. The lowest BCUT2D eigenvalue weighted by atomic mass is 10.2. The average Bonchev–Trinajstić information content (AvgIpc) is 2.93. The molecule has 0 fully saturated rings. The Hall–Kier alpha value is -3.44. The number of aryl methyl sites for hydroxylation is 2. The highest BCUT2D eigenvalue weighted by molar-refractivity contribution is 7.16. The van der Waals surface area contributed by atoms with E-state index in [2.05, 4.69) is 26.7 Å². The lowest BCUT2D eigenvalue weighted by Gasteiger charge is -2.08. The standard InChI is InChI=1S/C18H15N5O2S/c1-11-8-15(6-7-20-11)23-18(24)25-16-17(26-12(2)21-16)22-14-5-3-4-13(9-14)10-19/h3-9,22H,1-2H3,(H,20,23,24). The molecule has 1 aromatic carbocycles. The first-order valence-corrected chi connectivity index (χ1v) is 8.51. The summed E-state index contributed by atoms with van der Waals surface area (Å²) in [7, 11) is 0. The Morgan fingerprint density at radius 2 is 2.08 bits per heavy atom. The minimum Gasteiger partial charge on any atom is -0.388 e. The Bertz CT molecular complexity index is 993. The fourth-order valence-corrected chi connectivity index (χ4v) is 2.98. The second-order valence-corrected chi connectivity index (χ2v) is 6.59. The summed E-state index contributed by atoms with van der Waals surface area (Å²) in [4.78, 5) is 20.5. The van der Waals surface area contributed by atoms with Crippen LogP contribution in [0.5, 0.6) is 5.88 Å². The molecule has 0 aliphatic rings. The third kappa shape index (κ3) is 4.34. The number of carbonyl (C=O) groups is 1. The number of aromatic nitrogens is 2. The van der Waals surface area contributed by atoms with Gasteiger partial charge in [0.1, 0.15) is 0 Å². The van der Waals surface area contributed by atoms with E-state index in [1.165, 1.54) is 11.3 Å². The number of hydrogen-bond donors (Lipinski definition) is 2. The van der Waals surface area contributed by atoms with Crippen molar-refractivity contribution in [2.24, 2.45) is 0 Å². The lowest BCUT2D eigenvalue weighted by molar-refractivity contribution is 0.214. The summed E-state index contributed by atoms with van der Waals surface area (Å²) in [6.07, 6.45) is 0.960. The number of thiazole rings is 1. The van der Waals surface area contributed by atoms with Gasteiger partial charge in [-0.1, -0.05) is 17.4 Å². The lowest BCUT2D eigenvalue weighted by Crippen LogP contribution is -2.17. The van der Waals surface area contributed by atoms with E-state index in [4.69, 9.17) is 10.00 Å². The summed E-state index contributed by atoms with van der Waals surface area (Å²) < 4.78 is 5.34. The van der Waals surface area contributed by atoms with E-state index >= 15 is 0 Å². The molecule has 1 amide bonds. The van der Waals surface area contributed by atoms with Gasteiger partial charge in [0.05, 0.1) is 16.6 Å². The molecule has 3 rings (SSSR count). The van der Waals surface area contributed by atoms with E-state index in [-0.39, 0.29) is 5.88 Å². The number of amides is 1. The van der Waals surface area contributed by atoms with Crippen LogP contribution in [0.25, 0.3) is 0 Å². The smallest absolute Gasteiger partial charge is 0.388 e. The number of nitrogens with one attached hydrogen (secondary N) is 2. The van der Waals surface area contributed by atoms with Crippen LogP contribution in [-0.2, 0) is 0 Å². The topological polar surface area (TPSA) is 99.9 Å². The van der Waals surface area contributed by atoms with E-state index in [0.29, 0.717) is 21.9 Å². The molecule has 26 heavy (non-hydrogen) atoms. The quantitative estimate of drug-likeness (QED) is 0.711. The van der Waals surface area contributed by atoms with Gasteiger partial charge < -0.3 is 10.1 Å². The van der Waals surface area contributed by atoms with Crippen LogP contribution in [0.1, 0.15) is 16.3 Å². The van der Waals surface area contributed by atoms with Gasteiger partial charge in [0.15, 0.2) is 5.00 Å². The number of rotatable bonds is 4. The van der Waals surface area contributed by atoms with Gasteiger partial charge in [0.25, 0.3) is 5.88 Å². The van der Waals surface area contributed by atoms with Crippen molar-refractivity contribution in [2.75, 3.05) is 10.6 Å². The maximum atomic E-state index is 12.1. The molecule has 7 nitrogen and oxygen atoms in total. The summed E-state index contributed by atoms with van der Waals surface area (Å²) in [5, 5.41) is 16.1. The van der Waals surface area contributed by atoms with Crippen molar-refractivity contribution < 1.29 is 9.53 Å².